The molecule has 0 bridgehead atoms. The van der Waals surface area contributed by atoms with Crippen LogP contribution in [0.1, 0.15) is 51.3 Å². The molecule has 0 aliphatic rings. The minimum Gasteiger partial charge on any atom is -0.349 e. The van der Waals surface area contributed by atoms with Gasteiger partial charge >= 0.3 is 0 Å². The van der Waals surface area contributed by atoms with E-state index in [1.165, 1.54) is 12.5 Å². The molecule has 0 aliphatic carbocycles. The lowest BCUT2D eigenvalue weighted by atomic mass is 9.87. The number of carbonyl (C=O) groups is 2. The highest BCUT2D eigenvalue weighted by Crippen LogP contribution is 2.26. The van der Waals surface area contributed by atoms with E-state index in [0.29, 0.717) is 5.02 Å². The zero-order valence-corrected chi connectivity index (χ0v) is 16.4. The summed E-state index contributed by atoms with van der Waals surface area (Å²) in [6.07, 6.45) is 0.102. The van der Waals surface area contributed by atoms with Gasteiger partial charge in [0.1, 0.15) is 0 Å². The predicted octanol–water partition coefficient (Wildman–Crippen LogP) is 4.84. The lowest BCUT2D eigenvalue weighted by Gasteiger charge is -2.20. The number of anilines is 1. The first-order valence-electron chi connectivity index (χ1n) is 8.59. The molecule has 1 atom stereocenters. The van der Waals surface area contributed by atoms with E-state index in [4.69, 9.17) is 11.6 Å². The number of hydrogen-bond acceptors (Lipinski definition) is 2. The molecule has 2 N–H and O–H groups in total. The summed E-state index contributed by atoms with van der Waals surface area (Å²) in [7, 11) is 0. The Kier molecular flexibility index (Phi) is 6.43. The van der Waals surface area contributed by atoms with Crippen molar-refractivity contribution in [2.45, 2.75) is 45.6 Å². The SMILES string of the molecule is CC(=O)NC(CC(=O)Nc1ccc(C(C)(C)C)cc1)c1ccccc1Cl. The van der Waals surface area contributed by atoms with Gasteiger partial charge in [0.25, 0.3) is 0 Å². The molecular formula is C21H25ClN2O2. The largest absolute Gasteiger partial charge is 0.349 e. The van der Waals surface area contributed by atoms with Gasteiger partial charge in [0.05, 0.1) is 12.5 Å². The van der Waals surface area contributed by atoms with Crippen molar-refractivity contribution in [1.29, 1.82) is 0 Å². The number of amides is 2. The Hall–Kier alpha value is -2.33. The molecule has 2 aromatic rings. The lowest BCUT2D eigenvalue weighted by molar-refractivity contribution is -0.120. The Balaban J connectivity index is 2.10. The zero-order chi connectivity index (χ0) is 19.3. The lowest BCUT2D eigenvalue weighted by Crippen LogP contribution is -2.30. The summed E-state index contributed by atoms with van der Waals surface area (Å²) in [5.74, 6) is -0.399. The summed E-state index contributed by atoms with van der Waals surface area (Å²) < 4.78 is 0. The van der Waals surface area contributed by atoms with Crippen LogP contribution in [0.5, 0.6) is 0 Å². The van der Waals surface area contributed by atoms with Crippen LogP contribution in [-0.4, -0.2) is 11.8 Å². The first-order valence-corrected chi connectivity index (χ1v) is 8.96. The molecule has 1 unspecified atom stereocenters. The van der Waals surface area contributed by atoms with Crippen molar-refractivity contribution in [3.8, 4) is 0 Å². The molecule has 0 aromatic heterocycles. The van der Waals surface area contributed by atoms with Crippen LogP contribution in [0.2, 0.25) is 5.02 Å². The van der Waals surface area contributed by atoms with Crippen LogP contribution in [0.15, 0.2) is 48.5 Å². The number of hydrogen-bond donors (Lipinski definition) is 2. The van der Waals surface area contributed by atoms with Crippen molar-refractivity contribution in [1.82, 2.24) is 5.32 Å². The van der Waals surface area contributed by atoms with Crippen molar-refractivity contribution in [3.63, 3.8) is 0 Å². The van der Waals surface area contributed by atoms with Crippen LogP contribution in [0.25, 0.3) is 0 Å². The van der Waals surface area contributed by atoms with E-state index in [1.54, 1.807) is 6.07 Å². The fraction of sp³-hybridized carbons (Fsp3) is 0.333. The second-order valence-corrected chi connectivity index (χ2v) is 7.76. The van der Waals surface area contributed by atoms with Crippen LogP contribution in [0.3, 0.4) is 0 Å². The summed E-state index contributed by atoms with van der Waals surface area (Å²) in [5.41, 5.74) is 2.71. The zero-order valence-electron chi connectivity index (χ0n) is 15.6. The van der Waals surface area contributed by atoms with Gasteiger partial charge in [-0.15, -0.1) is 0 Å². The van der Waals surface area contributed by atoms with Gasteiger partial charge in [-0.1, -0.05) is 62.7 Å². The van der Waals surface area contributed by atoms with Gasteiger partial charge in [-0.2, -0.15) is 0 Å². The molecule has 2 rings (SSSR count). The summed E-state index contributed by atoms with van der Waals surface area (Å²) in [5, 5.41) is 6.20. The van der Waals surface area contributed by atoms with Crippen LogP contribution in [0, 0.1) is 0 Å². The van der Waals surface area contributed by atoms with Gasteiger partial charge in [-0.05, 0) is 34.7 Å². The molecule has 2 aromatic carbocycles. The summed E-state index contributed by atoms with van der Waals surface area (Å²) in [4.78, 5) is 24.0. The first kappa shape index (κ1) is 20.0. The molecule has 138 valence electrons. The summed E-state index contributed by atoms with van der Waals surface area (Å²) in [6, 6.07) is 14.5. The van der Waals surface area contributed by atoms with E-state index < -0.39 is 6.04 Å². The Bertz CT molecular complexity index is 779. The second kappa shape index (κ2) is 8.37. The van der Waals surface area contributed by atoms with Gasteiger partial charge in [0.15, 0.2) is 0 Å². The van der Waals surface area contributed by atoms with Crippen LogP contribution >= 0.6 is 11.6 Å². The van der Waals surface area contributed by atoms with Crippen molar-refractivity contribution in [2.75, 3.05) is 5.32 Å². The number of carbonyl (C=O) groups excluding carboxylic acids is 2. The van der Waals surface area contributed by atoms with Gasteiger partial charge in [-0.3, -0.25) is 9.59 Å². The Labute approximate surface area is 159 Å². The molecule has 4 nitrogen and oxygen atoms in total. The molecule has 26 heavy (non-hydrogen) atoms. The first-order chi connectivity index (χ1) is 12.2. The van der Waals surface area contributed by atoms with E-state index in [2.05, 4.69) is 31.4 Å². The fourth-order valence-corrected chi connectivity index (χ4v) is 2.96. The van der Waals surface area contributed by atoms with E-state index in [-0.39, 0.29) is 23.7 Å². The second-order valence-electron chi connectivity index (χ2n) is 7.35. The number of halogens is 1. The van der Waals surface area contributed by atoms with Crippen LogP contribution < -0.4 is 10.6 Å². The van der Waals surface area contributed by atoms with Crippen molar-refractivity contribution >= 4 is 29.1 Å². The highest BCUT2D eigenvalue weighted by molar-refractivity contribution is 6.31. The molecule has 0 aliphatic heterocycles. The van der Waals surface area contributed by atoms with E-state index in [9.17, 15) is 9.59 Å². The van der Waals surface area contributed by atoms with Gasteiger partial charge in [0.2, 0.25) is 11.8 Å². The monoisotopic (exact) mass is 372 g/mol. The third kappa shape index (κ3) is 5.60. The predicted molar refractivity (Wildman–Crippen MR) is 106 cm³/mol. The molecule has 0 fully saturated rings. The highest BCUT2D eigenvalue weighted by atomic mass is 35.5. The molecule has 0 saturated heterocycles. The highest BCUT2D eigenvalue weighted by Gasteiger charge is 2.20. The Morgan fingerprint density at radius 2 is 1.65 bits per heavy atom. The Morgan fingerprint density at radius 1 is 1.04 bits per heavy atom. The van der Waals surface area contributed by atoms with Gasteiger partial charge in [-0.25, -0.2) is 0 Å². The molecule has 0 heterocycles. The number of nitrogens with one attached hydrogen (secondary N) is 2. The number of rotatable bonds is 5. The third-order valence-corrected chi connectivity index (χ3v) is 4.43. The average Bonchev–Trinajstić information content (AvgIpc) is 2.54. The summed E-state index contributed by atoms with van der Waals surface area (Å²) >= 11 is 6.22. The van der Waals surface area contributed by atoms with Gasteiger partial charge < -0.3 is 10.6 Å². The number of benzene rings is 2. The maximum absolute atomic E-state index is 12.5. The van der Waals surface area contributed by atoms with Crippen molar-refractivity contribution < 1.29 is 9.59 Å². The minimum atomic E-state index is -0.477. The maximum atomic E-state index is 12.5. The fourth-order valence-electron chi connectivity index (χ4n) is 2.69. The van der Waals surface area contributed by atoms with Crippen LogP contribution in [-0.2, 0) is 15.0 Å². The molecule has 5 heteroatoms. The smallest absolute Gasteiger partial charge is 0.226 e. The van der Waals surface area contributed by atoms with Crippen molar-refractivity contribution in [3.05, 3.63) is 64.7 Å². The minimum absolute atomic E-state index is 0.0586. The third-order valence-electron chi connectivity index (χ3n) is 4.08. The average molecular weight is 373 g/mol. The maximum Gasteiger partial charge on any atom is 0.226 e. The molecule has 0 radical (unpaired) electrons. The quantitative estimate of drug-likeness (QED) is 0.788. The molecular weight excluding hydrogens is 348 g/mol. The standard InChI is InChI=1S/C21H25ClN2O2/c1-14(25)23-19(17-7-5-6-8-18(17)22)13-20(26)24-16-11-9-15(10-12-16)21(2,3)4/h5-12,19H,13H2,1-4H3,(H,23,25)(H,24,26). The van der Waals surface area contributed by atoms with Crippen molar-refractivity contribution in [2.24, 2.45) is 0 Å². The molecule has 0 saturated carbocycles. The van der Waals surface area contributed by atoms with E-state index in [0.717, 1.165) is 11.3 Å². The molecule has 0 spiro atoms. The topological polar surface area (TPSA) is 58.2 Å². The summed E-state index contributed by atoms with van der Waals surface area (Å²) in [6.45, 7) is 7.85. The van der Waals surface area contributed by atoms with Gasteiger partial charge in [0, 0.05) is 17.6 Å². The van der Waals surface area contributed by atoms with E-state index >= 15 is 0 Å². The Morgan fingerprint density at radius 3 is 2.19 bits per heavy atom. The van der Waals surface area contributed by atoms with Crippen LogP contribution in [0.4, 0.5) is 5.69 Å². The molecule has 2 amide bonds. The normalized spacial score (nSPS) is 12.3. The van der Waals surface area contributed by atoms with E-state index in [1.807, 2.05) is 42.5 Å².